The molecule has 0 radical (unpaired) electrons. The molecule has 7 rings (SSSR count). The number of rotatable bonds is 7. The molecule has 3 aromatic heterocycles. The van der Waals surface area contributed by atoms with E-state index in [9.17, 15) is 5.26 Å². The number of ether oxygens (including phenoxy) is 1. The Labute approximate surface area is 252 Å². The summed E-state index contributed by atoms with van der Waals surface area (Å²) in [5.74, 6) is 1.50. The first kappa shape index (κ1) is 27.3. The molecule has 2 N–H and O–H groups in total. The normalized spacial score (nSPS) is 19.3. The predicted octanol–water partition coefficient (Wildman–Crippen LogP) is 6.83. The zero-order valence-corrected chi connectivity index (χ0v) is 24.0. The molecule has 2 fully saturated rings. The minimum absolute atomic E-state index is 0.000316. The summed E-state index contributed by atoms with van der Waals surface area (Å²) in [5, 5.41) is 21.7. The predicted molar refractivity (Wildman–Crippen MR) is 160 cm³/mol. The summed E-state index contributed by atoms with van der Waals surface area (Å²) in [6.07, 6.45) is 4.77. The van der Waals surface area contributed by atoms with E-state index < -0.39 is 5.82 Å². The summed E-state index contributed by atoms with van der Waals surface area (Å²) in [5.41, 5.74) is 3.85. The van der Waals surface area contributed by atoms with Crippen LogP contribution in [-0.4, -0.2) is 32.7 Å². The van der Waals surface area contributed by atoms with Crippen molar-refractivity contribution >= 4 is 33.9 Å². The first-order chi connectivity index (χ1) is 20.9. The molecule has 4 heterocycles. The number of halogens is 2. The van der Waals surface area contributed by atoms with Crippen LogP contribution in [-0.2, 0) is 6.61 Å². The molecule has 1 saturated heterocycles. The second-order valence-corrected chi connectivity index (χ2v) is 11.6. The third-order valence-corrected chi connectivity index (χ3v) is 8.46. The lowest BCUT2D eigenvalue weighted by atomic mass is 9.81. The topological polar surface area (TPSA) is 122 Å². The van der Waals surface area contributed by atoms with Crippen molar-refractivity contribution in [2.24, 2.45) is 5.92 Å². The molecule has 43 heavy (non-hydrogen) atoms. The largest absolute Gasteiger partial charge is 0.484 e. The van der Waals surface area contributed by atoms with Crippen LogP contribution in [0.4, 0.5) is 15.8 Å². The standard InChI is InChI=1S/C32H27ClFN7O2/c1-17-3-2-4-22(38-17)16-42-29-11-25(33)28(12-26(29)34)39-30-21(13-35)15-37-27-10-19(5-6-24(27)30)32-40-31(41-43-32)20-7-18-8-23(9-20)36-14-18/h2-6,10-12,15,18,20,23,36H,7-9,14,16H2,1H3,(H,37,39). The molecule has 2 aromatic carbocycles. The highest BCUT2D eigenvalue weighted by Crippen LogP contribution is 2.40. The zero-order valence-electron chi connectivity index (χ0n) is 23.3. The fourth-order valence-corrected chi connectivity index (χ4v) is 6.28. The highest BCUT2D eigenvalue weighted by molar-refractivity contribution is 6.33. The van der Waals surface area contributed by atoms with E-state index in [2.05, 4.69) is 31.8 Å². The average Bonchev–Trinajstić information content (AvgIpc) is 3.64. The van der Waals surface area contributed by atoms with Gasteiger partial charge in [0.25, 0.3) is 5.89 Å². The van der Waals surface area contributed by atoms with Crippen molar-refractivity contribution in [3.8, 4) is 23.3 Å². The monoisotopic (exact) mass is 595 g/mol. The molecule has 1 saturated carbocycles. The Kier molecular flexibility index (Phi) is 7.13. The molecule has 3 unspecified atom stereocenters. The Morgan fingerprint density at radius 1 is 1.16 bits per heavy atom. The van der Waals surface area contributed by atoms with Gasteiger partial charge in [-0.3, -0.25) is 9.97 Å². The van der Waals surface area contributed by atoms with Crippen molar-refractivity contribution in [1.29, 1.82) is 5.26 Å². The second-order valence-electron chi connectivity index (χ2n) is 11.2. The van der Waals surface area contributed by atoms with Gasteiger partial charge in [0.2, 0.25) is 0 Å². The Bertz CT molecular complexity index is 1880. The number of pyridine rings is 2. The maximum atomic E-state index is 15.1. The number of hydrogen-bond donors (Lipinski definition) is 2. The summed E-state index contributed by atoms with van der Waals surface area (Å²) in [7, 11) is 0. The zero-order chi connectivity index (χ0) is 29.5. The third kappa shape index (κ3) is 5.49. The molecule has 5 aromatic rings. The summed E-state index contributed by atoms with van der Waals surface area (Å²) in [6, 6.07) is 16.4. The first-order valence-corrected chi connectivity index (χ1v) is 14.5. The molecular formula is C32H27ClFN7O2. The summed E-state index contributed by atoms with van der Waals surface area (Å²) < 4.78 is 26.4. The molecule has 2 bridgehead atoms. The number of aromatic nitrogens is 4. The van der Waals surface area contributed by atoms with Gasteiger partial charge in [0.15, 0.2) is 17.4 Å². The third-order valence-electron chi connectivity index (χ3n) is 8.15. The van der Waals surface area contributed by atoms with Crippen LogP contribution < -0.4 is 15.4 Å². The van der Waals surface area contributed by atoms with E-state index in [1.807, 2.05) is 37.3 Å². The van der Waals surface area contributed by atoms with Gasteiger partial charge in [-0.25, -0.2) is 4.39 Å². The van der Waals surface area contributed by atoms with Crippen molar-refractivity contribution in [2.45, 2.75) is 44.8 Å². The van der Waals surface area contributed by atoms with Gasteiger partial charge in [-0.2, -0.15) is 10.2 Å². The van der Waals surface area contributed by atoms with Crippen molar-refractivity contribution in [3.63, 3.8) is 0 Å². The van der Waals surface area contributed by atoms with Crippen LogP contribution in [0.2, 0.25) is 5.02 Å². The van der Waals surface area contributed by atoms with Crippen LogP contribution in [0, 0.1) is 30.0 Å². The van der Waals surface area contributed by atoms with Gasteiger partial charge >= 0.3 is 0 Å². The molecule has 2 aliphatic rings. The lowest BCUT2D eigenvalue weighted by Crippen LogP contribution is -2.24. The fourth-order valence-electron chi connectivity index (χ4n) is 6.08. The minimum Gasteiger partial charge on any atom is -0.484 e. The van der Waals surface area contributed by atoms with Gasteiger partial charge in [-0.05, 0) is 69.0 Å². The Hall–Kier alpha value is -4.59. The van der Waals surface area contributed by atoms with Gasteiger partial charge < -0.3 is 19.9 Å². The van der Waals surface area contributed by atoms with Crippen molar-refractivity contribution in [3.05, 3.63) is 88.3 Å². The Morgan fingerprint density at radius 2 is 2.07 bits per heavy atom. The molecule has 0 spiro atoms. The van der Waals surface area contributed by atoms with Gasteiger partial charge in [-0.1, -0.05) is 22.8 Å². The van der Waals surface area contributed by atoms with Crippen LogP contribution in [0.5, 0.6) is 5.75 Å². The maximum Gasteiger partial charge on any atom is 0.258 e. The molecule has 1 aliphatic carbocycles. The van der Waals surface area contributed by atoms with Gasteiger partial charge in [0.05, 0.1) is 33.2 Å². The van der Waals surface area contributed by atoms with Crippen molar-refractivity contribution < 1.29 is 13.7 Å². The molecule has 0 amide bonds. The van der Waals surface area contributed by atoms with Crippen molar-refractivity contribution in [2.75, 3.05) is 11.9 Å². The van der Waals surface area contributed by atoms with E-state index in [0.717, 1.165) is 36.5 Å². The Balaban J connectivity index is 1.14. The number of hydrogen-bond acceptors (Lipinski definition) is 9. The quantitative estimate of drug-likeness (QED) is 0.208. The number of aryl methyl sites for hydroxylation is 1. The van der Waals surface area contributed by atoms with Crippen LogP contribution in [0.3, 0.4) is 0 Å². The summed E-state index contributed by atoms with van der Waals surface area (Å²) in [6.45, 7) is 3.03. The van der Waals surface area contributed by atoms with E-state index in [1.165, 1.54) is 24.8 Å². The lowest BCUT2D eigenvalue weighted by Gasteiger charge is -2.24. The smallest absolute Gasteiger partial charge is 0.258 e. The minimum atomic E-state index is -0.604. The maximum absolute atomic E-state index is 15.1. The second kappa shape index (κ2) is 11.2. The van der Waals surface area contributed by atoms with E-state index in [4.69, 9.17) is 25.8 Å². The van der Waals surface area contributed by atoms with Crippen LogP contribution in [0.25, 0.3) is 22.4 Å². The molecule has 11 heteroatoms. The molecular weight excluding hydrogens is 569 g/mol. The number of anilines is 2. The Morgan fingerprint density at radius 3 is 2.91 bits per heavy atom. The highest BCUT2D eigenvalue weighted by atomic mass is 35.5. The summed E-state index contributed by atoms with van der Waals surface area (Å²) in [4.78, 5) is 13.6. The van der Waals surface area contributed by atoms with Crippen LogP contribution in [0.1, 0.15) is 48.0 Å². The number of nitrogens with one attached hydrogen (secondary N) is 2. The van der Waals surface area contributed by atoms with Crippen LogP contribution >= 0.6 is 11.6 Å². The fraction of sp³-hybridized carbons (Fsp3) is 0.281. The first-order valence-electron chi connectivity index (χ1n) is 14.1. The number of benzene rings is 2. The van der Waals surface area contributed by atoms with Crippen molar-refractivity contribution in [1.82, 2.24) is 25.4 Å². The SMILES string of the molecule is Cc1cccc(COc2cc(Cl)c(Nc3c(C#N)cnc4cc(-c5nc(C6CC7CNC(C7)C6)no5)ccc34)cc2F)n1. The van der Waals surface area contributed by atoms with E-state index in [-0.39, 0.29) is 34.5 Å². The van der Waals surface area contributed by atoms with E-state index in [0.29, 0.717) is 40.1 Å². The summed E-state index contributed by atoms with van der Waals surface area (Å²) >= 11 is 6.54. The molecule has 216 valence electrons. The van der Waals surface area contributed by atoms with Gasteiger partial charge in [0.1, 0.15) is 12.7 Å². The van der Waals surface area contributed by atoms with Gasteiger partial charge in [0, 0.05) is 46.9 Å². The molecule has 1 aliphatic heterocycles. The average molecular weight is 596 g/mol. The molecule has 3 atom stereocenters. The van der Waals surface area contributed by atoms with Gasteiger partial charge in [-0.15, -0.1) is 0 Å². The number of fused-ring (bicyclic) bond motifs is 3. The highest BCUT2D eigenvalue weighted by Gasteiger charge is 2.36. The molecule has 9 nitrogen and oxygen atoms in total. The van der Waals surface area contributed by atoms with Crippen LogP contribution in [0.15, 0.2) is 59.3 Å². The lowest BCUT2D eigenvalue weighted by molar-refractivity contribution is 0.286. The number of nitriles is 1. The van der Waals surface area contributed by atoms with E-state index >= 15 is 4.39 Å². The number of nitrogens with zero attached hydrogens (tertiary/aromatic N) is 5. The van der Waals surface area contributed by atoms with E-state index in [1.54, 1.807) is 6.07 Å².